The van der Waals surface area contributed by atoms with Crippen molar-refractivity contribution >= 4 is 11.9 Å². The molecule has 0 fully saturated rings. The molecule has 5 nitrogen and oxygen atoms in total. The molecule has 0 saturated heterocycles. The fourth-order valence-electron chi connectivity index (χ4n) is 0.970. The zero-order valence-corrected chi connectivity index (χ0v) is 8.29. The van der Waals surface area contributed by atoms with Crippen molar-refractivity contribution in [1.82, 2.24) is 5.32 Å². The Morgan fingerprint density at radius 1 is 1.43 bits per heavy atom. The molecule has 0 unspecified atom stereocenters. The maximum atomic E-state index is 11.0. The van der Waals surface area contributed by atoms with Gasteiger partial charge in [0.25, 0.3) is 5.91 Å². The Morgan fingerprint density at radius 3 is 2.86 bits per heavy atom. The van der Waals surface area contributed by atoms with Crippen LogP contribution in [0.25, 0.3) is 0 Å². The summed E-state index contributed by atoms with van der Waals surface area (Å²) in [7, 11) is 0. The molecule has 0 bridgehead atoms. The fourth-order valence-corrected chi connectivity index (χ4v) is 0.970. The largest absolute Gasteiger partial charge is 0.288 e. The van der Waals surface area contributed by atoms with Gasteiger partial charge in [0.15, 0.2) is 0 Å². The van der Waals surface area contributed by atoms with Gasteiger partial charge < -0.3 is 0 Å². The highest BCUT2D eigenvalue weighted by Crippen LogP contribution is 2.01. The Balaban J connectivity index is 2.42. The fraction of sp³-hybridized carbons (Fsp3) is 0.556. The number of nitrogens with one attached hydrogen (secondary N) is 1. The van der Waals surface area contributed by atoms with Gasteiger partial charge in [-0.25, -0.2) is 4.99 Å². The predicted octanol–water partition coefficient (Wildman–Crippen LogP) is 1.63. The van der Waals surface area contributed by atoms with E-state index < -0.39 is 0 Å². The van der Waals surface area contributed by atoms with Crippen LogP contribution in [0.1, 0.15) is 26.2 Å². The molecule has 5 heteroatoms. The van der Waals surface area contributed by atoms with Crippen LogP contribution in [0.15, 0.2) is 27.5 Å². The van der Waals surface area contributed by atoms with Crippen LogP contribution in [0.3, 0.4) is 0 Å². The van der Waals surface area contributed by atoms with Crippen LogP contribution >= 0.6 is 0 Å². The second-order valence-corrected chi connectivity index (χ2v) is 3.01. The molecule has 76 valence electrons. The van der Waals surface area contributed by atoms with Gasteiger partial charge in [-0.15, -0.1) is 10.2 Å². The highest BCUT2D eigenvalue weighted by atomic mass is 16.2. The first-order valence-corrected chi connectivity index (χ1v) is 4.70. The second-order valence-electron chi connectivity index (χ2n) is 3.01. The zero-order valence-electron chi connectivity index (χ0n) is 8.29. The van der Waals surface area contributed by atoms with Crippen molar-refractivity contribution in [2.75, 3.05) is 6.54 Å². The third kappa shape index (κ3) is 3.08. The van der Waals surface area contributed by atoms with Crippen LogP contribution in [-0.4, -0.2) is 18.4 Å². The van der Waals surface area contributed by atoms with Crippen molar-refractivity contribution in [3.05, 3.63) is 12.3 Å². The van der Waals surface area contributed by atoms with E-state index >= 15 is 0 Å². The average Bonchev–Trinajstić information content (AvgIpc) is 2.18. The lowest BCUT2D eigenvalue weighted by Crippen LogP contribution is -2.32. The summed E-state index contributed by atoms with van der Waals surface area (Å²) in [5.41, 5.74) is 0.123. The maximum Gasteiger partial charge on any atom is 0.277 e. The van der Waals surface area contributed by atoms with E-state index in [4.69, 9.17) is 0 Å². The molecule has 0 aromatic heterocycles. The van der Waals surface area contributed by atoms with Crippen LogP contribution in [0, 0.1) is 0 Å². The van der Waals surface area contributed by atoms with Crippen molar-refractivity contribution < 1.29 is 4.79 Å². The van der Waals surface area contributed by atoms with Crippen molar-refractivity contribution in [2.24, 2.45) is 15.2 Å². The highest BCUT2D eigenvalue weighted by molar-refractivity contribution is 6.06. The molecule has 0 saturated carbocycles. The van der Waals surface area contributed by atoms with Gasteiger partial charge >= 0.3 is 0 Å². The molecule has 0 radical (unpaired) electrons. The van der Waals surface area contributed by atoms with E-state index in [1.54, 1.807) is 0 Å². The first kappa shape index (κ1) is 10.6. The Labute approximate surface area is 83.0 Å². The molecule has 1 heterocycles. The van der Waals surface area contributed by atoms with Crippen LogP contribution in [0.5, 0.6) is 0 Å². The van der Waals surface area contributed by atoms with E-state index in [1.165, 1.54) is 0 Å². The monoisotopic (exact) mass is 194 g/mol. The van der Waals surface area contributed by atoms with Gasteiger partial charge in [0.05, 0.1) is 0 Å². The number of carbonyl (C=O) groups excluding carboxylic acids is 1. The van der Waals surface area contributed by atoms with E-state index in [2.05, 4.69) is 34.0 Å². The molecule has 14 heavy (non-hydrogen) atoms. The Morgan fingerprint density at radius 2 is 2.21 bits per heavy atom. The molecule has 1 aliphatic rings. The number of amides is 1. The van der Waals surface area contributed by atoms with E-state index in [9.17, 15) is 4.79 Å². The number of carbonyl (C=O) groups is 1. The Kier molecular flexibility index (Phi) is 3.97. The average molecular weight is 194 g/mol. The number of unbranched alkanes of at least 4 members (excludes halogenated alkanes) is 2. The number of hydrogen-bond acceptors (Lipinski definition) is 3. The third-order valence-electron chi connectivity index (χ3n) is 1.78. The molecule has 0 aromatic rings. The van der Waals surface area contributed by atoms with Gasteiger partial charge in [-0.05, 0) is 6.42 Å². The first-order chi connectivity index (χ1) is 6.74. The van der Waals surface area contributed by atoms with E-state index in [0.717, 1.165) is 19.3 Å². The summed E-state index contributed by atoms with van der Waals surface area (Å²) in [6.45, 7) is 6.21. The zero-order chi connectivity index (χ0) is 10.4. The van der Waals surface area contributed by atoms with Crippen molar-refractivity contribution in [3.8, 4) is 0 Å². The number of nitrogens with zero attached hydrogens (tertiary/aromatic N) is 3. The van der Waals surface area contributed by atoms with Crippen molar-refractivity contribution in [1.29, 1.82) is 0 Å². The third-order valence-corrected chi connectivity index (χ3v) is 1.78. The van der Waals surface area contributed by atoms with E-state index in [0.29, 0.717) is 12.5 Å². The summed E-state index contributed by atoms with van der Waals surface area (Å²) < 4.78 is 0. The molecular weight excluding hydrogens is 180 g/mol. The normalized spacial score (nSPS) is 18.8. The SMILES string of the molecule is C=C1N=NC(=NCCCCC)NC1=O. The van der Waals surface area contributed by atoms with Crippen molar-refractivity contribution in [2.45, 2.75) is 26.2 Å². The van der Waals surface area contributed by atoms with Gasteiger partial charge in [0.1, 0.15) is 5.70 Å². The molecule has 0 spiro atoms. The number of azo groups is 1. The summed E-state index contributed by atoms with van der Waals surface area (Å²) in [5, 5.41) is 9.78. The first-order valence-electron chi connectivity index (χ1n) is 4.70. The molecule has 1 aliphatic heterocycles. The van der Waals surface area contributed by atoms with Gasteiger partial charge in [-0.1, -0.05) is 26.3 Å². The molecule has 1 amide bonds. The second kappa shape index (κ2) is 5.26. The van der Waals surface area contributed by atoms with Crippen molar-refractivity contribution in [3.63, 3.8) is 0 Å². The van der Waals surface area contributed by atoms with Gasteiger partial charge in [-0.2, -0.15) is 0 Å². The predicted molar refractivity (Wildman–Crippen MR) is 54.0 cm³/mol. The number of guanidine groups is 1. The van der Waals surface area contributed by atoms with Gasteiger partial charge in [0, 0.05) is 6.54 Å². The molecule has 0 aromatic carbocycles. The summed E-state index contributed by atoms with van der Waals surface area (Å²) in [6.07, 6.45) is 3.29. The van der Waals surface area contributed by atoms with Gasteiger partial charge in [-0.3, -0.25) is 10.1 Å². The molecule has 0 aliphatic carbocycles. The maximum absolute atomic E-state index is 11.0. The molecule has 1 rings (SSSR count). The topological polar surface area (TPSA) is 66.2 Å². The lowest BCUT2D eigenvalue weighted by Gasteiger charge is -2.07. The van der Waals surface area contributed by atoms with Gasteiger partial charge in [0.2, 0.25) is 5.96 Å². The summed E-state index contributed by atoms with van der Waals surface area (Å²) >= 11 is 0. The van der Waals surface area contributed by atoms with Crippen LogP contribution in [0.4, 0.5) is 0 Å². The van der Waals surface area contributed by atoms with Crippen LogP contribution in [0.2, 0.25) is 0 Å². The number of hydrogen-bond donors (Lipinski definition) is 1. The summed E-state index contributed by atoms with van der Waals surface area (Å²) in [4.78, 5) is 15.1. The minimum Gasteiger partial charge on any atom is -0.288 e. The summed E-state index contributed by atoms with van der Waals surface area (Å²) in [5.74, 6) is -0.0345. The van der Waals surface area contributed by atoms with Crippen LogP contribution in [-0.2, 0) is 4.79 Å². The highest BCUT2D eigenvalue weighted by Gasteiger charge is 2.13. The minimum atomic E-state index is -0.325. The summed E-state index contributed by atoms with van der Waals surface area (Å²) in [6, 6.07) is 0. The smallest absolute Gasteiger partial charge is 0.277 e. The number of rotatable bonds is 4. The lowest BCUT2D eigenvalue weighted by atomic mass is 10.2. The molecule has 1 N–H and O–H groups in total. The Bertz CT molecular complexity index is 293. The quantitative estimate of drug-likeness (QED) is 0.536. The van der Waals surface area contributed by atoms with E-state index in [-0.39, 0.29) is 11.6 Å². The minimum absolute atomic E-state index is 0.123. The molecular formula is C9H14N4O. The number of aliphatic imine (C=N–C) groups is 1. The standard InChI is InChI=1S/C9H14N4O/c1-3-4-5-6-10-9-11-8(14)7(2)12-13-9/h2-6H2,1H3,(H,10,11,14). The van der Waals surface area contributed by atoms with Crippen LogP contribution < -0.4 is 5.32 Å². The van der Waals surface area contributed by atoms with E-state index in [1.807, 2.05) is 0 Å². The Hall–Kier alpha value is -1.52. The molecule has 0 atom stereocenters. The lowest BCUT2D eigenvalue weighted by molar-refractivity contribution is -0.116.